The number of ketones is 4. The van der Waals surface area contributed by atoms with Gasteiger partial charge in [0.25, 0.3) is 0 Å². The van der Waals surface area contributed by atoms with Gasteiger partial charge in [0, 0.05) is 50.7 Å². The lowest BCUT2D eigenvalue weighted by Gasteiger charge is -2.18. The van der Waals surface area contributed by atoms with E-state index in [9.17, 15) is 19.2 Å². The van der Waals surface area contributed by atoms with Crippen LogP contribution in [0.1, 0.15) is 63.7 Å². The Labute approximate surface area is 322 Å². The number of aromatic amines is 1. The first kappa shape index (κ1) is 34.4. The topological polar surface area (TPSA) is 149 Å². The second kappa shape index (κ2) is 14.4. The number of halogens is 1. The van der Waals surface area contributed by atoms with Gasteiger partial charge in [0.05, 0.1) is 39.6 Å². The molecule has 10 rings (SSSR count). The molecule has 10 nitrogen and oxygen atoms in total. The zero-order valence-corrected chi connectivity index (χ0v) is 30.8. The molecule has 4 aromatic carbocycles. The van der Waals surface area contributed by atoms with E-state index in [2.05, 4.69) is 27.5 Å². The van der Waals surface area contributed by atoms with Gasteiger partial charge >= 0.3 is 0 Å². The number of H-pyrrole nitrogens is 1. The highest BCUT2D eigenvalue weighted by molar-refractivity contribution is 7.99. The lowest BCUT2D eigenvalue weighted by molar-refractivity contribution is 0.0980. The van der Waals surface area contributed by atoms with E-state index in [1.54, 1.807) is 60.8 Å². The maximum absolute atomic E-state index is 13.0. The summed E-state index contributed by atoms with van der Waals surface area (Å²) >= 11 is 14.3. The lowest BCUT2D eigenvalue weighted by atomic mass is 9.83. The maximum Gasteiger partial charge on any atom is 0.196 e. The van der Waals surface area contributed by atoms with Gasteiger partial charge in [-0.05, 0) is 36.4 Å². The van der Waals surface area contributed by atoms with Crippen molar-refractivity contribution in [2.75, 3.05) is 0 Å². The van der Waals surface area contributed by atoms with E-state index in [1.165, 1.54) is 17.8 Å². The summed E-state index contributed by atoms with van der Waals surface area (Å²) in [6, 6.07) is 28.2. The first-order chi connectivity index (χ1) is 25.8. The van der Waals surface area contributed by atoms with Crippen LogP contribution in [0, 0.1) is 4.64 Å². The van der Waals surface area contributed by atoms with E-state index >= 15 is 0 Å². The minimum absolute atomic E-state index is 0.159. The van der Waals surface area contributed by atoms with Gasteiger partial charge < -0.3 is 4.98 Å². The molecule has 0 spiro atoms. The maximum atomic E-state index is 13.0. The van der Waals surface area contributed by atoms with E-state index in [-0.39, 0.29) is 23.1 Å². The highest BCUT2D eigenvalue weighted by atomic mass is 35.5. The molecule has 0 fully saturated rings. The Bertz CT molecular complexity index is 2840. The number of rotatable bonds is 2. The van der Waals surface area contributed by atoms with Gasteiger partial charge in [0.15, 0.2) is 23.1 Å². The highest BCUT2D eigenvalue weighted by Gasteiger charge is 2.34. The quantitative estimate of drug-likeness (QED) is 0.168. The van der Waals surface area contributed by atoms with Crippen molar-refractivity contribution in [3.05, 3.63) is 164 Å². The number of hydrogen-bond acceptors (Lipinski definition) is 13. The van der Waals surface area contributed by atoms with E-state index in [4.69, 9.17) is 23.8 Å². The minimum Gasteiger partial charge on any atom is -0.353 e. The van der Waals surface area contributed by atoms with Crippen LogP contribution >= 0.6 is 59.0 Å². The molecule has 8 aromatic rings. The van der Waals surface area contributed by atoms with Crippen LogP contribution in [-0.4, -0.2) is 50.6 Å². The van der Waals surface area contributed by atoms with Gasteiger partial charge in [-0.2, -0.15) is 17.5 Å². The molecule has 0 saturated carbocycles. The second-order valence-electron chi connectivity index (χ2n) is 11.4. The molecular weight excluding hydrogens is 768 g/mol. The van der Waals surface area contributed by atoms with Crippen molar-refractivity contribution in [3.63, 3.8) is 0 Å². The molecule has 4 aromatic heterocycles. The predicted octanol–water partition coefficient (Wildman–Crippen LogP) is 8.88. The van der Waals surface area contributed by atoms with Crippen molar-refractivity contribution in [1.82, 2.24) is 27.5 Å². The average Bonchev–Trinajstić information content (AvgIpc) is 3.89. The van der Waals surface area contributed by atoms with Crippen LogP contribution in [-0.2, 0) is 0 Å². The van der Waals surface area contributed by atoms with E-state index in [1.807, 2.05) is 42.6 Å². The van der Waals surface area contributed by atoms with Crippen LogP contribution in [0.5, 0.6) is 0 Å². The number of fused-ring (bicyclic) bond motifs is 8. The van der Waals surface area contributed by atoms with E-state index < -0.39 is 0 Å². The van der Waals surface area contributed by atoms with Gasteiger partial charge in [0.2, 0.25) is 0 Å². The molecule has 0 bridgehead atoms. The summed E-state index contributed by atoms with van der Waals surface area (Å²) in [6.07, 6.45) is 3.52. The van der Waals surface area contributed by atoms with Gasteiger partial charge in [-0.25, -0.2) is 4.98 Å². The Hall–Kier alpha value is -5.64. The molecule has 0 atom stereocenters. The molecular formula is C38H19ClN6O4S4. The number of aromatic nitrogens is 6. The summed E-state index contributed by atoms with van der Waals surface area (Å²) in [5.74, 6) is -0.744. The van der Waals surface area contributed by atoms with Crippen molar-refractivity contribution in [2.24, 2.45) is 0 Å². The van der Waals surface area contributed by atoms with Gasteiger partial charge in [-0.3, -0.25) is 19.2 Å². The Morgan fingerprint density at radius 1 is 0.566 bits per heavy atom. The summed E-state index contributed by atoms with van der Waals surface area (Å²) in [7, 11) is 0. The monoisotopic (exact) mass is 786 g/mol. The molecule has 256 valence electrons. The van der Waals surface area contributed by atoms with Crippen LogP contribution in [0.3, 0.4) is 0 Å². The minimum atomic E-state index is -0.204. The number of nitrogens with one attached hydrogen (secondary N) is 1. The van der Waals surface area contributed by atoms with E-state index in [0.717, 1.165) is 38.0 Å². The molecule has 15 heteroatoms. The molecule has 53 heavy (non-hydrogen) atoms. The number of carbonyl (C=O) groups is 4. The average molecular weight is 787 g/mol. The van der Waals surface area contributed by atoms with Gasteiger partial charge in [0.1, 0.15) is 31.7 Å². The SMILES string of the molecule is O=C1c2ccccc2C(=O)c2c1cc(Cl)c1nsnc21.O=C1c2ccccc2C(=O)c2c1cc(Sc1ccccn1)c1nsnc21.S=c1cccc[nH]1. The number of pyridine rings is 2. The Balaban J connectivity index is 0.000000131. The summed E-state index contributed by atoms with van der Waals surface area (Å²) < 4.78 is 17.7. The summed E-state index contributed by atoms with van der Waals surface area (Å²) in [6.45, 7) is 0. The van der Waals surface area contributed by atoms with Crippen LogP contribution in [0.15, 0.2) is 119 Å². The standard InChI is InChI=1S/C19H9N3O2S2.C14H5ClN2O2S.C5H5NS/c23-18-10-5-1-2-6-11(10)19(24)15-12(18)9-13(16-17(15)22-26-21-16)25-14-7-3-4-8-20-14;15-9-5-8-10(12-11(9)16-20-17-12)14(19)7-4-2-1-3-6(7)13(8)18;7-5-3-1-2-4-6-5/h1-9H;1-5H;1-4H,(H,6,7). The molecule has 0 unspecified atom stereocenters. The molecule has 2 aliphatic carbocycles. The van der Waals surface area contributed by atoms with Crippen LogP contribution in [0.4, 0.5) is 0 Å². The van der Waals surface area contributed by atoms with Crippen molar-refractivity contribution in [3.8, 4) is 0 Å². The largest absolute Gasteiger partial charge is 0.353 e. The van der Waals surface area contributed by atoms with E-state index in [0.29, 0.717) is 71.6 Å². The highest BCUT2D eigenvalue weighted by Crippen LogP contribution is 2.39. The third-order valence-corrected chi connectivity index (χ3v) is 10.9. The molecule has 4 heterocycles. The normalized spacial score (nSPS) is 12.5. The smallest absolute Gasteiger partial charge is 0.196 e. The fourth-order valence-electron chi connectivity index (χ4n) is 5.93. The van der Waals surface area contributed by atoms with Crippen LogP contribution in [0.2, 0.25) is 5.02 Å². The Morgan fingerprint density at radius 3 is 1.60 bits per heavy atom. The Kier molecular flexibility index (Phi) is 9.37. The number of benzene rings is 4. The first-order valence-electron chi connectivity index (χ1n) is 15.6. The fraction of sp³-hybridized carbons (Fsp3) is 0. The predicted molar refractivity (Wildman–Crippen MR) is 206 cm³/mol. The van der Waals surface area contributed by atoms with Gasteiger partial charge in [-0.1, -0.05) is 96.2 Å². The third-order valence-electron chi connectivity index (χ3n) is 8.30. The zero-order valence-electron chi connectivity index (χ0n) is 26.8. The molecule has 2 aliphatic rings. The summed E-state index contributed by atoms with van der Waals surface area (Å²) in [5.41, 5.74) is 5.00. The molecule has 0 saturated heterocycles. The third kappa shape index (κ3) is 6.30. The van der Waals surface area contributed by atoms with Crippen molar-refractivity contribution in [1.29, 1.82) is 0 Å². The molecule has 0 radical (unpaired) electrons. The number of nitrogens with zero attached hydrogens (tertiary/aromatic N) is 5. The van der Waals surface area contributed by atoms with Crippen molar-refractivity contribution < 1.29 is 19.2 Å². The van der Waals surface area contributed by atoms with Crippen LogP contribution in [0.25, 0.3) is 22.1 Å². The van der Waals surface area contributed by atoms with Crippen molar-refractivity contribution in [2.45, 2.75) is 9.92 Å². The first-order valence-corrected chi connectivity index (χ1v) is 18.7. The lowest BCUT2D eigenvalue weighted by Crippen LogP contribution is -2.21. The Morgan fingerprint density at radius 2 is 1.08 bits per heavy atom. The molecule has 1 N–H and O–H groups in total. The fourth-order valence-corrected chi connectivity index (χ4v) is 8.46. The summed E-state index contributed by atoms with van der Waals surface area (Å²) in [4.78, 5) is 59.1. The van der Waals surface area contributed by atoms with Crippen LogP contribution < -0.4 is 0 Å². The number of carbonyl (C=O) groups excluding carboxylic acids is 4. The summed E-state index contributed by atoms with van der Waals surface area (Å²) in [5, 5.41) is 1.13. The molecule has 0 aliphatic heterocycles. The van der Waals surface area contributed by atoms with Crippen molar-refractivity contribution >= 4 is 104 Å². The number of hydrogen-bond donors (Lipinski definition) is 1. The van der Waals surface area contributed by atoms with Gasteiger partial charge in [-0.15, -0.1) is 0 Å². The second-order valence-corrected chi connectivity index (χ2v) is 14.4. The molecule has 0 amide bonds. The zero-order chi connectivity index (χ0) is 36.6.